The van der Waals surface area contributed by atoms with Crippen molar-refractivity contribution in [3.63, 3.8) is 0 Å². The second-order valence-electron chi connectivity index (χ2n) is 23.5. The van der Waals surface area contributed by atoms with Crippen molar-refractivity contribution in [2.75, 3.05) is 0 Å². The van der Waals surface area contributed by atoms with Crippen LogP contribution in [0.2, 0.25) is 0 Å². The van der Waals surface area contributed by atoms with Crippen molar-refractivity contribution >= 4 is 63.3 Å². The van der Waals surface area contributed by atoms with E-state index in [4.69, 9.17) is 25.3 Å². The van der Waals surface area contributed by atoms with E-state index in [0.717, 1.165) is 66.1 Å². The number of hydrogen-bond donors (Lipinski definition) is 4. The SMILES string of the molecule is C=C(c1ccc(C(=O)O)nc1)c1nc2c(s1)C(C)(C)CCC2(C)C.CC1(C)CCC(C)(C)c2sc(C(=O)c3ccc(C(=O)O)nc3)nc21.CC1(C)CCC(C)(C)c2sc(C(C)(O)c3ccc(C(=O)O)nc3)nc21. The molecule has 0 radical (unpaired) electrons. The van der Waals surface area contributed by atoms with Gasteiger partial charge in [-0.05, 0) is 69.7 Å². The van der Waals surface area contributed by atoms with Gasteiger partial charge in [-0.15, -0.1) is 34.0 Å². The second-order valence-corrected chi connectivity index (χ2v) is 26.5. The van der Waals surface area contributed by atoms with E-state index >= 15 is 0 Å². The van der Waals surface area contributed by atoms with Gasteiger partial charge in [-0.25, -0.2) is 44.3 Å². The molecule has 0 saturated heterocycles. The maximum Gasteiger partial charge on any atom is 0.354 e. The number of aromatic carboxylic acids is 3. The molecule has 14 nitrogen and oxygen atoms in total. The van der Waals surface area contributed by atoms with Gasteiger partial charge >= 0.3 is 17.9 Å². The van der Waals surface area contributed by atoms with Crippen molar-refractivity contribution in [2.45, 2.75) is 167 Å². The van der Waals surface area contributed by atoms with E-state index < -0.39 is 23.5 Å². The van der Waals surface area contributed by atoms with Crippen LogP contribution >= 0.6 is 34.0 Å². The van der Waals surface area contributed by atoms with Crippen LogP contribution in [-0.4, -0.2) is 74.0 Å². The zero-order chi connectivity index (χ0) is 54.0. The molecule has 6 aromatic heterocycles. The van der Waals surface area contributed by atoms with Crippen molar-refractivity contribution in [2.24, 2.45) is 0 Å². The predicted molar refractivity (Wildman–Crippen MR) is 286 cm³/mol. The molecule has 0 amide bonds. The molecule has 6 aromatic rings. The summed E-state index contributed by atoms with van der Waals surface area (Å²) in [4.78, 5) is 75.4. The fourth-order valence-corrected chi connectivity index (χ4v) is 13.4. The highest BCUT2D eigenvalue weighted by molar-refractivity contribution is 7.14. The summed E-state index contributed by atoms with van der Waals surface area (Å²) in [5.41, 5.74) is 4.60. The van der Waals surface area contributed by atoms with Crippen molar-refractivity contribution in [1.82, 2.24) is 29.9 Å². The lowest BCUT2D eigenvalue weighted by molar-refractivity contribution is 0.0679. The van der Waals surface area contributed by atoms with E-state index in [-0.39, 0.29) is 55.4 Å². The summed E-state index contributed by atoms with van der Waals surface area (Å²) in [6, 6.07) is 9.10. The van der Waals surface area contributed by atoms with E-state index in [9.17, 15) is 24.3 Å². The van der Waals surface area contributed by atoms with Gasteiger partial charge in [0.25, 0.3) is 0 Å². The molecule has 3 aliphatic rings. The Bertz CT molecular complexity index is 2880. The van der Waals surface area contributed by atoms with Crippen LogP contribution in [0.5, 0.6) is 0 Å². The standard InChI is InChI=1S/C19H24N2O3S.C19H22N2O2S.C18H20N2O3S/c1-17(2)8-9-18(3,4)14-13(17)21-16(25-14)19(5,24)11-6-7-12(15(22)23)20-10-11;1-11(12-6-7-13(17(22)23)20-10-12)16-21-14-15(24-16)19(4,5)9-8-18(14,2)3;1-17(2)7-8-18(3,4)14-13(17)20-15(24-14)12(21)10-5-6-11(16(22)23)19-9-10/h6-7,10,24H,8-9H2,1-5H3,(H,22,23);6-7,10H,1,8-9H2,2-5H3,(H,22,23);5-6,9H,7-8H2,1-4H3,(H,22,23). The number of carboxylic acid groups (broad SMARTS) is 3. The first-order chi connectivity index (χ1) is 33.7. The predicted octanol–water partition coefficient (Wildman–Crippen LogP) is 12.3. The molecule has 0 bridgehead atoms. The molecular formula is C56H66N6O8S3. The molecule has 0 aliphatic heterocycles. The number of carbonyl (C=O) groups excluding carboxylic acids is 1. The number of carboxylic acids is 3. The summed E-state index contributed by atoms with van der Waals surface area (Å²) in [6.07, 6.45) is 10.8. The van der Waals surface area contributed by atoms with Crippen molar-refractivity contribution in [3.05, 3.63) is 142 Å². The number of hydrogen-bond acceptors (Lipinski definition) is 14. The first kappa shape index (κ1) is 54.9. The van der Waals surface area contributed by atoms with Crippen LogP contribution in [0.4, 0.5) is 0 Å². The number of rotatable bonds is 9. The quantitative estimate of drug-likeness (QED) is 0.0988. The average Bonchev–Trinajstić information content (AvgIpc) is 4.13. The second kappa shape index (κ2) is 19.4. The maximum atomic E-state index is 12.7. The Morgan fingerprint density at radius 3 is 1.22 bits per heavy atom. The minimum Gasteiger partial charge on any atom is -0.477 e. The minimum atomic E-state index is -1.31. The Labute approximate surface area is 439 Å². The summed E-state index contributed by atoms with van der Waals surface area (Å²) in [7, 11) is 0. The first-order valence-corrected chi connectivity index (χ1v) is 26.7. The number of ketones is 1. The molecule has 0 aromatic carbocycles. The van der Waals surface area contributed by atoms with Crippen LogP contribution in [-0.2, 0) is 38.1 Å². The highest BCUT2D eigenvalue weighted by Gasteiger charge is 2.44. The highest BCUT2D eigenvalue weighted by Crippen LogP contribution is 2.52. The van der Waals surface area contributed by atoms with E-state index in [2.05, 4.69) is 110 Å². The van der Waals surface area contributed by atoms with Gasteiger partial charge in [0, 0.05) is 88.0 Å². The smallest absolute Gasteiger partial charge is 0.354 e. The molecule has 386 valence electrons. The summed E-state index contributed by atoms with van der Waals surface area (Å²) < 4.78 is 0. The van der Waals surface area contributed by atoms with E-state index in [1.165, 1.54) is 68.3 Å². The Hall–Kier alpha value is -5.88. The molecule has 0 spiro atoms. The number of pyridine rings is 3. The zero-order valence-corrected chi connectivity index (χ0v) is 46.4. The Morgan fingerprint density at radius 1 is 0.493 bits per heavy atom. The molecule has 0 saturated carbocycles. The lowest BCUT2D eigenvalue weighted by Gasteiger charge is -2.37. The Kier molecular flexibility index (Phi) is 14.6. The molecule has 0 fully saturated rings. The lowest BCUT2D eigenvalue weighted by atomic mass is 9.69. The molecule has 73 heavy (non-hydrogen) atoms. The van der Waals surface area contributed by atoms with Gasteiger partial charge in [0.15, 0.2) is 5.01 Å². The Morgan fingerprint density at radius 2 is 0.849 bits per heavy atom. The van der Waals surface area contributed by atoms with Crippen molar-refractivity contribution in [3.8, 4) is 0 Å². The largest absolute Gasteiger partial charge is 0.477 e. The summed E-state index contributed by atoms with van der Waals surface area (Å²) in [6.45, 7) is 32.4. The van der Waals surface area contributed by atoms with E-state index in [1.54, 1.807) is 47.9 Å². The molecule has 1 atom stereocenters. The van der Waals surface area contributed by atoms with Crippen LogP contribution in [0.3, 0.4) is 0 Å². The minimum absolute atomic E-state index is 0.0128. The fourth-order valence-electron chi connectivity index (χ4n) is 9.25. The Balaban J connectivity index is 0.000000160. The summed E-state index contributed by atoms with van der Waals surface area (Å²) in [5, 5.41) is 40.0. The van der Waals surface area contributed by atoms with Crippen molar-refractivity contribution < 1.29 is 39.6 Å². The van der Waals surface area contributed by atoms with Crippen molar-refractivity contribution in [1.29, 1.82) is 0 Å². The molecular weight excluding hydrogens is 981 g/mol. The van der Waals surface area contributed by atoms with Gasteiger partial charge in [0.2, 0.25) is 5.78 Å². The third-order valence-corrected chi connectivity index (χ3v) is 19.3. The normalized spacial score (nSPS) is 18.9. The number of thiazole rings is 3. The van der Waals surface area contributed by atoms with Gasteiger partial charge in [0.1, 0.15) is 32.7 Å². The van der Waals surface area contributed by atoms with E-state index in [0.29, 0.717) is 21.1 Å². The third-order valence-electron chi connectivity index (χ3n) is 14.8. The van der Waals surface area contributed by atoms with Gasteiger partial charge in [-0.3, -0.25) is 4.79 Å². The number of aliphatic hydroxyl groups is 1. The van der Waals surface area contributed by atoms with Gasteiger partial charge in [0.05, 0.1) is 17.1 Å². The summed E-state index contributed by atoms with van der Waals surface area (Å²) in [5.74, 6) is -3.42. The zero-order valence-electron chi connectivity index (χ0n) is 44.0. The van der Waals surface area contributed by atoms with E-state index in [1.807, 2.05) is 0 Å². The van der Waals surface area contributed by atoms with Crippen LogP contribution in [0, 0.1) is 0 Å². The number of aromatic nitrogens is 6. The number of carbonyl (C=O) groups is 4. The molecule has 9 rings (SSSR count). The average molecular weight is 1050 g/mol. The monoisotopic (exact) mass is 1050 g/mol. The van der Waals surface area contributed by atoms with Gasteiger partial charge < -0.3 is 20.4 Å². The van der Waals surface area contributed by atoms with Gasteiger partial charge in [-0.2, -0.15) is 0 Å². The topological polar surface area (TPSA) is 227 Å². The molecule has 3 aliphatic carbocycles. The fraction of sp³-hybridized carbons (Fsp3) is 0.464. The number of fused-ring (bicyclic) bond motifs is 3. The van der Waals surface area contributed by atoms with Gasteiger partial charge in [-0.1, -0.05) is 102 Å². The highest BCUT2D eigenvalue weighted by atomic mass is 32.1. The van der Waals surface area contributed by atoms with Crippen LogP contribution < -0.4 is 0 Å². The first-order valence-electron chi connectivity index (χ1n) is 24.3. The number of nitrogens with zero attached hydrogens (tertiary/aromatic N) is 6. The third kappa shape index (κ3) is 11.0. The lowest BCUT2D eigenvalue weighted by Crippen LogP contribution is -2.32. The maximum absolute atomic E-state index is 12.7. The van der Waals surface area contributed by atoms with Crippen LogP contribution in [0.1, 0.15) is 228 Å². The summed E-state index contributed by atoms with van der Waals surface area (Å²) >= 11 is 4.71. The van der Waals surface area contributed by atoms with Crippen LogP contribution in [0.15, 0.2) is 61.6 Å². The van der Waals surface area contributed by atoms with Crippen LogP contribution in [0.25, 0.3) is 5.57 Å². The molecule has 4 N–H and O–H groups in total. The molecule has 17 heteroatoms. The molecule has 1 unspecified atom stereocenters. The molecule has 6 heterocycles.